The quantitative estimate of drug-likeness (QED) is 0.590. The van der Waals surface area contributed by atoms with Crippen LogP contribution in [0.5, 0.6) is 0 Å². The molecule has 0 aliphatic heterocycles. The summed E-state index contributed by atoms with van der Waals surface area (Å²) in [5.74, 6) is -1.44. The largest absolute Gasteiger partial charge is 0.466 e. The number of thiophene rings is 1. The molecule has 0 aromatic carbocycles. The smallest absolute Gasteiger partial charge is 0.412 e. The highest BCUT2D eigenvalue weighted by Crippen LogP contribution is 2.44. The first-order valence-corrected chi connectivity index (χ1v) is 9.98. The van der Waals surface area contributed by atoms with Gasteiger partial charge in [-0.2, -0.15) is 0 Å². The van der Waals surface area contributed by atoms with Crippen molar-refractivity contribution in [3.05, 3.63) is 16.0 Å². The molecular weight excluding hydrogens is 370 g/mol. The Bertz CT molecular complexity index is 719. The van der Waals surface area contributed by atoms with Crippen molar-refractivity contribution in [2.75, 3.05) is 18.5 Å². The van der Waals surface area contributed by atoms with Gasteiger partial charge in [0.05, 0.1) is 24.7 Å². The van der Waals surface area contributed by atoms with E-state index in [0.717, 1.165) is 17.7 Å². The zero-order valence-electron chi connectivity index (χ0n) is 16.5. The lowest BCUT2D eigenvalue weighted by molar-refractivity contribution is -0.145. The first kappa shape index (κ1) is 21.2. The topological polar surface area (TPSA) is 90.9 Å². The minimum atomic E-state index is -0.668. The molecule has 1 aliphatic rings. The lowest BCUT2D eigenvalue weighted by Gasteiger charge is -2.22. The third-order valence-corrected chi connectivity index (χ3v) is 5.11. The summed E-state index contributed by atoms with van der Waals surface area (Å²) in [5, 5.41) is 3.01. The van der Waals surface area contributed by atoms with Crippen LogP contribution in [0.4, 0.5) is 9.80 Å². The minimum absolute atomic E-state index is 0.194. The summed E-state index contributed by atoms with van der Waals surface area (Å²) < 4.78 is 15.7. The first-order chi connectivity index (χ1) is 12.7. The maximum atomic E-state index is 12.6. The van der Waals surface area contributed by atoms with E-state index in [2.05, 4.69) is 5.32 Å². The number of amides is 1. The molecule has 8 heteroatoms. The maximum absolute atomic E-state index is 12.6. The van der Waals surface area contributed by atoms with E-state index in [9.17, 15) is 14.4 Å². The molecule has 1 amide bonds. The number of hydrogen-bond acceptors (Lipinski definition) is 7. The van der Waals surface area contributed by atoms with E-state index in [-0.39, 0.29) is 24.7 Å². The Hall–Kier alpha value is -2.09. The highest BCUT2D eigenvalue weighted by Gasteiger charge is 2.37. The van der Waals surface area contributed by atoms with E-state index in [0.29, 0.717) is 17.0 Å². The van der Waals surface area contributed by atoms with Crippen LogP contribution in [0.25, 0.3) is 0 Å². The number of carbonyl (C=O) groups is 3. The van der Waals surface area contributed by atoms with Crippen molar-refractivity contribution in [2.45, 2.75) is 65.4 Å². The summed E-state index contributed by atoms with van der Waals surface area (Å²) in [4.78, 5) is 38.2. The van der Waals surface area contributed by atoms with Crippen LogP contribution >= 0.6 is 11.3 Å². The molecule has 1 atom stereocenters. The number of ether oxygens (including phenoxy) is 3. The molecule has 7 nitrogen and oxygen atoms in total. The van der Waals surface area contributed by atoms with Crippen molar-refractivity contribution >= 4 is 34.4 Å². The lowest BCUT2D eigenvalue weighted by Crippen LogP contribution is -2.27. The van der Waals surface area contributed by atoms with Crippen molar-refractivity contribution in [3.8, 4) is 0 Å². The van der Waals surface area contributed by atoms with Gasteiger partial charge in [0, 0.05) is 4.88 Å². The Morgan fingerprint density at radius 1 is 1.15 bits per heavy atom. The predicted octanol–water partition coefficient (Wildman–Crippen LogP) is 4.25. The van der Waals surface area contributed by atoms with Gasteiger partial charge >= 0.3 is 18.0 Å². The average Bonchev–Trinajstić information content (AvgIpc) is 2.90. The summed E-state index contributed by atoms with van der Waals surface area (Å²) in [7, 11) is 0. The number of aryl methyl sites for hydroxylation is 1. The fourth-order valence-corrected chi connectivity index (χ4v) is 4.30. The normalized spacial score (nSPS) is 16.3. The van der Waals surface area contributed by atoms with Gasteiger partial charge in [-0.25, -0.2) is 9.59 Å². The van der Waals surface area contributed by atoms with Gasteiger partial charge in [0.15, 0.2) is 0 Å². The van der Waals surface area contributed by atoms with Crippen LogP contribution in [0, 0.1) is 0 Å². The maximum Gasteiger partial charge on any atom is 0.412 e. The molecule has 27 heavy (non-hydrogen) atoms. The Kier molecular flexibility index (Phi) is 6.86. The SMILES string of the molecule is CCOC(=O)c1c(NC(=O)OC(C)(C)C)sc2c1C(C(=O)OCC)CCC2. The highest BCUT2D eigenvalue weighted by atomic mass is 32.1. The van der Waals surface area contributed by atoms with Gasteiger partial charge in [0.1, 0.15) is 10.6 Å². The third kappa shape index (κ3) is 5.22. The number of hydrogen-bond donors (Lipinski definition) is 1. The Morgan fingerprint density at radius 2 is 1.81 bits per heavy atom. The van der Waals surface area contributed by atoms with Crippen molar-refractivity contribution in [1.29, 1.82) is 0 Å². The minimum Gasteiger partial charge on any atom is -0.466 e. The monoisotopic (exact) mass is 397 g/mol. The van der Waals surface area contributed by atoms with E-state index >= 15 is 0 Å². The zero-order chi connectivity index (χ0) is 20.2. The van der Waals surface area contributed by atoms with Crippen LogP contribution in [-0.2, 0) is 25.4 Å². The van der Waals surface area contributed by atoms with Crippen LogP contribution in [0.2, 0.25) is 0 Å². The van der Waals surface area contributed by atoms with Crippen molar-refractivity contribution in [1.82, 2.24) is 0 Å². The summed E-state index contributed by atoms with van der Waals surface area (Å²) in [6.07, 6.45) is 1.49. The van der Waals surface area contributed by atoms with Crippen LogP contribution < -0.4 is 5.32 Å². The van der Waals surface area contributed by atoms with Crippen molar-refractivity contribution < 1.29 is 28.6 Å². The van der Waals surface area contributed by atoms with E-state index in [1.54, 1.807) is 34.6 Å². The van der Waals surface area contributed by atoms with Gasteiger partial charge < -0.3 is 14.2 Å². The number of anilines is 1. The molecule has 1 aromatic heterocycles. The number of rotatable bonds is 5. The molecule has 1 aromatic rings. The fraction of sp³-hybridized carbons (Fsp3) is 0.632. The van der Waals surface area contributed by atoms with Gasteiger partial charge in [-0.05, 0) is 59.4 Å². The second kappa shape index (κ2) is 8.73. The highest BCUT2D eigenvalue weighted by molar-refractivity contribution is 7.17. The Morgan fingerprint density at radius 3 is 2.41 bits per heavy atom. The molecule has 0 spiro atoms. The van der Waals surface area contributed by atoms with E-state index < -0.39 is 23.6 Å². The van der Waals surface area contributed by atoms with Crippen molar-refractivity contribution in [2.24, 2.45) is 0 Å². The number of fused-ring (bicyclic) bond motifs is 1. The van der Waals surface area contributed by atoms with Gasteiger partial charge in [-0.3, -0.25) is 10.1 Å². The molecule has 2 rings (SSSR count). The van der Waals surface area contributed by atoms with Gasteiger partial charge in [-0.15, -0.1) is 11.3 Å². The fourth-order valence-electron chi connectivity index (χ4n) is 3.03. The molecule has 1 aliphatic carbocycles. The average molecular weight is 397 g/mol. The van der Waals surface area contributed by atoms with E-state index in [4.69, 9.17) is 14.2 Å². The third-order valence-electron chi connectivity index (χ3n) is 3.93. The summed E-state index contributed by atoms with van der Waals surface area (Å²) in [6, 6.07) is 0. The molecule has 0 saturated carbocycles. The Labute approximate surface area is 163 Å². The van der Waals surface area contributed by atoms with Crippen LogP contribution in [0.1, 0.15) is 74.2 Å². The molecule has 0 radical (unpaired) electrons. The number of nitrogens with one attached hydrogen (secondary N) is 1. The van der Waals surface area contributed by atoms with Crippen LogP contribution in [0.15, 0.2) is 0 Å². The van der Waals surface area contributed by atoms with Crippen LogP contribution in [0.3, 0.4) is 0 Å². The molecule has 0 fully saturated rings. The summed E-state index contributed by atoms with van der Waals surface area (Å²) >= 11 is 1.29. The summed E-state index contributed by atoms with van der Waals surface area (Å²) in [6.45, 7) is 9.20. The van der Waals surface area contributed by atoms with Gasteiger partial charge in [0.2, 0.25) is 0 Å². The van der Waals surface area contributed by atoms with Crippen molar-refractivity contribution in [3.63, 3.8) is 0 Å². The number of esters is 2. The molecule has 1 unspecified atom stereocenters. The lowest BCUT2D eigenvalue weighted by atomic mass is 9.85. The first-order valence-electron chi connectivity index (χ1n) is 9.17. The molecular formula is C19H27NO6S. The molecule has 150 valence electrons. The van der Waals surface area contributed by atoms with Gasteiger partial charge in [-0.1, -0.05) is 0 Å². The number of carbonyl (C=O) groups excluding carboxylic acids is 3. The van der Waals surface area contributed by atoms with E-state index in [1.807, 2.05) is 0 Å². The molecule has 1 N–H and O–H groups in total. The second-order valence-corrected chi connectivity index (χ2v) is 8.29. The van der Waals surface area contributed by atoms with Crippen LogP contribution in [-0.4, -0.2) is 36.8 Å². The molecule has 0 saturated heterocycles. The zero-order valence-corrected chi connectivity index (χ0v) is 17.3. The molecule has 1 heterocycles. The standard InChI is InChI=1S/C19H27NO6S/c1-6-24-16(21)11-9-8-10-12-13(11)14(17(22)25-7-2)15(27-12)20-18(23)26-19(3,4)5/h11H,6-10H2,1-5H3,(H,20,23). The van der Waals surface area contributed by atoms with Gasteiger partial charge in [0.25, 0.3) is 0 Å². The Balaban J connectivity index is 2.44. The molecule has 0 bridgehead atoms. The predicted molar refractivity (Wildman–Crippen MR) is 102 cm³/mol. The second-order valence-electron chi connectivity index (χ2n) is 7.19. The summed E-state index contributed by atoms with van der Waals surface area (Å²) in [5.41, 5.74) is 0.188. The van der Waals surface area contributed by atoms with E-state index in [1.165, 1.54) is 11.3 Å².